The summed E-state index contributed by atoms with van der Waals surface area (Å²) in [7, 11) is 1.58. The van der Waals surface area contributed by atoms with Gasteiger partial charge in [0.25, 0.3) is 0 Å². The number of methoxy groups -OCH3 is 1. The van der Waals surface area contributed by atoms with Crippen LogP contribution in [0, 0.1) is 5.41 Å². The van der Waals surface area contributed by atoms with Crippen LogP contribution in [-0.2, 0) is 4.74 Å². The van der Waals surface area contributed by atoms with E-state index >= 15 is 0 Å². The van der Waals surface area contributed by atoms with Crippen molar-refractivity contribution in [1.29, 1.82) is 0 Å². The van der Waals surface area contributed by atoms with Crippen LogP contribution in [0.5, 0.6) is 0 Å². The quantitative estimate of drug-likeness (QED) is 0.651. The predicted molar refractivity (Wildman–Crippen MR) is 48.0 cm³/mol. The molecule has 0 amide bonds. The molecule has 0 radical (unpaired) electrons. The van der Waals surface area contributed by atoms with Gasteiger partial charge in [-0.1, -0.05) is 6.92 Å². The molecule has 3 nitrogen and oxygen atoms in total. The van der Waals surface area contributed by atoms with E-state index in [0.29, 0.717) is 13.0 Å². The van der Waals surface area contributed by atoms with Crippen molar-refractivity contribution in [2.75, 3.05) is 13.7 Å². The van der Waals surface area contributed by atoms with E-state index in [9.17, 15) is 10.2 Å². The highest BCUT2D eigenvalue weighted by molar-refractivity contribution is 4.87. The minimum absolute atomic E-state index is 0.388. The van der Waals surface area contributed by atoms with Crippen LogP contribution >= 0.6 is 0 Å². The maximum Gasteiger partial charge on any atom is 0.0615 e. The van der Waals surface area contributed by atoms with E-state index in [1.165, 1.54) is 0 Å². The summed E-state index contributed by atoms with van der Waals surface area (Å²) in [6, 6.07) is 0. The van der Waals surface area contributed by atoms with Gasteiger partial charge >= 0.3 is 0 Å². The Bertz CT molecular complexity index is 113. The molecule has 2 N–H and O–H groups in total. The van der Waals surface area contributed by atoms with Gasteiger partial charge < -0.3 is 14.9 Å². The maximum absolute atomic E-state index is 9.52. The zero-order valence-corrected chi connectivity index (χ0v) is 8.37. The van der Waals surface area contributed by atoms with Gasteiger partial charge in [0.15, 0.2) is 0 Å². The molecular formula is C9H20O3. The van der Waals surface area contributed by atoms with Crippen LogP contribution in [0.2, 0.25) is 0 Å². The number of hydrogen-bond donors (Lipinski definition) is 2. The molecule has 0 aliphatic heterocycles. The first-order chi connectivity index (χ1) is 5.51. The first-order valence-corrected chi connectivity index (χ1v) is 4.36. The molecule has 2 unspecified atom stereocenters. The van der Waals surface area contributed by atoms with Crippen molar-refractivity contribution in [1.82, 2.24) is 0 Å². The molecule has 0 saturated heterocycles. The van der Waals surface area contributed by atoms with Crippen molar-refractivity contribution >= 4 is 0 Å². The Morgan fingerprint density at radius 3 is 1.75 bits per heavy atom. The second-order valence-electron chi connectivity index (χ2n) is 3.37. The SMILES string of the molecule is CCC(COC)(C(C)O)C(C)O. The lowest BCUT2D eigenvalue weighted by molar-refractivity contribution is -0.0960. The van der Waals surface area contributed by atoms with Crippen LogP contribution in [0.1, 0.15) is 27.2 Å². The summed E-state index contributed by atoms with van der Waals surface area (Å²) < 4.78 is 5.00. The van der Waals surface area contributed by atoms with Crippen LogP contribution in [0.3, 0.4) is 0 Å². The molecule has 0 aromatic rings. The zero-order valence-electron chi connectivity index (χ0n) is 8.37. The molecule has 0 bridgehead atoms. The molecule has 2 atom stereocenters. The van der Waals surface area contributed by atoms with E-state index in [1.54, 1.807) is 21.0 Å². The fourth-order valence-electron chi connectivity index (χ4n) is 1.55. The highest BCUT2D eigenvalue weighted by Crippen LogP contribution is 2.31. The van der Waals surface area contributed by atoms with Crippen LogP contribution in [0.25, 0.3) is 0 Å². The van der Waals surface area contributed by atoms with E-state index in [-0.39, 0.29) is 0 Å². The summed E-state index contributed by atoms with van der Waals surface area (Å²) in [5, 5.41) is 19.0. The fraction of sp³-hybridized carbons (Fsp3) is 1.00. The van der Waals surface area contributed by atoms with Crippen molar-refractivity contribution in [3.63, 3.8) is 0 Å². The average molecular weight is 176 g/mol. The van der Waals surface area contributed by atoms with Crippen molar-refractivity contribution in [3.05, 3.63) is 0 Å². The third-order valence-corrected chi connectivity index (χ3v) is 2.74. The molecule has 3 heteroatoms. The van der Waals surface area contributed by atoms with Crippen molar-refractivity contribution in [2.45, 2.75) is 39.4 Å². The second kappa shape index (κ2) is 4.80. The summed E-state index contributed by atoms with van der Waals surface area (Å²) in [6.45, 7) is 5.71. The van der Waals surface area contributed by atoms with Gasteiger partial charge in [-0.3, -0.25) is 0 Å². The standard InChI is InChI=1S/C9H20O3/c1-5-9(6-12-4,7(2)10)8(3)11/h7-8,10-11H,5-6H2,1-4H3. The van der Waals surface area contributed by atoms with Gasteiger partial charge in [0.1, 0.15) is 0 Å². The first-order valence-electron chi connectivity index (χ1n) is 4.36. The summed E-state index contributed by atoms with van der Waals surface area (Å²) in [4.78, 5) is 0. The molecule has 0 aromatic carbocycles. The lowest BCUT2D eigenvalue weighted by atomic mass is 9.76. The molecule has 74 valence electrons. The molecule has 0 aliphatic carbocycles. The number of rotatable bonds is 5. The molecule has 0 spiro atoms. The zero-order chi connectivity index (χ0) is 9.78. The summed E-state index contributed by atoms with van der Waals surface area (Å²) >= 11 is 0. The third kappa shape index (κ3) is 2.19. The topological polar surface area (TPSA) is 49.7 Å². The van der Waals surface area contributed by atoms with Crippen molar-refractivity contribution in [2.24, 2.45) is 5.41 Å². The normalized spacial score (nSPS) is 21.5. The second-order valence-corrected chi connectivity index (χ2v) is 3.37. The lowest BCUT2D eigenvalue weighted by Crippen LogP contribution is -2.45. The van der Waals surface area contributed by atoms with Gasteiger partial charge in [-0.2, -0.15) is 0 Å². The maximum atomic E-state index is 9.52. The van der Waals surface area contributed by atoms with Gasteiger partial charge in [-0.05, 0) is 20.3 Å². The van der Waals surface area contributed by atoms with Crippen molar-refractivity contribution in [3.8, 4) is 0 Å². The van der Waals surface area contributed by atoms with Crippen LogP contribution in [0.15, 0.2) is 0 Å². The summed E-state index contributed by atoms with van der Waals surface area (Å²) in [6.07, 6.45) is -0.402. The Hall–Kier alpha value is -0.120. The molecular weight excluding hydrogens is 156 g/mol. The molecule has 0 saturated carbocycles. The van der Waals surface area contributed by atoms with E-state index in [4.69, 9.17) is 4.74 Å². The van der Waals surface area contributed by atoms with Crippen LogP contribution < -0.4 is 0 Å². The third-order valence-electron chi connectivity index (χ3n) is 2.74. The van der Waals surface area contributed by atoms with Gasteiger partial charge in [0, 0.05) is 12.5 Å². The smallest absolute Gasteiger partial charge is 0.0615 e. The van der Waals surface area contributed by atoms with Crippen LogP contribution in [-0.4, -0.2) is 36.1 Å². The molecule has 12 heavy (non-hydrogen) atoms. The molecule has 0 aromatic heterocycles. The fourth-order valence-corrected chi connectivity index (χ4v) is 1.55. The molecule has 0 fully saturated rings. The highest BCUT2D eigenvalue weighted by Gasteiger charge is 2.38. The monoisotopic (exact) mass is 176 g/mol. The Balaban J connectivity index is 4.51. The average Bonchev–Trinajstić information content (AvgIpc) is 1.98. The summed E-state index contributed by atoms with van der Waals surface area (Å²) in [5.74, 6) is 0. The minimum Gasteiger partial charge on any atom is -0.393 e. The van der Waals surface area contributed by atoms with Crippen LogP contribution in [0.4, 0.5) is 0 Å². The Morgan fingerprint density at radius 2 is 1.67 bits per heavy atom. The number of aliphatic hydroxyl groups is 2. The Kier molecular flexibility index (Phi) is 4.75. The Morgan fingerprint density at radius 1 is 1.25 bits per heavy atom. The predicted octanol–water partition coefficient (Wildman–Crippen LogP) is 0.791. The van der Waals surface area contributed by atoms with E-state index in [1.807, 2.05) is 6.92 Å². The first kappa shape index (κ1) is 11.9. The Labute approximate surface area is 74.4 Å². The highest BCUT2D eigenvalue weighted by atomic mass is 16.5. The van der Waals surface area contributed by atoms with E-state index in [0.717, 1.165) is 0 Å². The summed E-state index contributed by atoms with van der Waals surface area (Å²) in [5.41, 5.74) is -0.519. The van der Waals surface area contributed by atoms with Gasteiger partial charge in [0.2, 0.25) is 0 Å². The van der Waals surface area contributed by atoms with Gasteiger partial charge in [0.05, 0.1) is 18.8 Å². The molecule has 0 rings (SSSR count). The number of aliphatic hydroxyl groups excluding tert-OH is 2. The van der Waals surface area contributed by atoms with Gasteiger partial charge in [-0.25, -0.2) is 0 Å². The molecule has 0 aliphatic rings. The van der Waals surface area contributed by atoms with E-state index < -0.39 is 17.6 Å². The number of ether oxygens (including phenoxy) is 1. The lowest BCUT2D eigenvalue weighted by Gasteiger charge is -2.37. The number of hydrogen-bond acceptors (Lipinski definition) is 3. The van der Waals surface area contributed by atoms with Crippen molar-refractivity contribution < 1.29 is 14.9 Å². The van der Waals surface area contributed by atoms with E-state index in [2.05, 4.69) is 0 Å². The largest absolute Gasteiger partial charge is 0.393 e. The molecule has 0 heterocycles. The minimum atomic E-state index is -0.553. The van der Waals surface area contributed by atoms with Gasteiger partial charge in [-0.15, -0.1) is 0 Å².